The van der Waals surface area contributed by atoms with Gasteiger partial charge in [-0.25, -0.2) is 0 Å². The van der Waals surface area contributed by atoms with Crippen LogP contribution in [0.15, 0.2) is 18.2 Å². The fraction of sp³-hybridized carbons (Fsp3) is 0.462. The highest BCUT2D eigenvalue weighted by molar-refractivity contribution is 6.33. The van der Waals surface area contributed by atoms with Crippen molar-refractivity contribution in [1.82, 2.24) is 0 Å². The van der Waals surface area contributed by atoms with Crippen LogP contribution in [0.5, 0.6) is 0 Å². The van der Waals surface area contributed by atoms with Crippen molar-refractivity contribution in [1.29, 1.82) is 0 Å². The highest BCUT2D eigenvalue weighted by Gasteiger charge is 2.16. The van der Waals surface area contributed by atoms with E-state index < -0.39 is 0 Å². The Morgan fingerprint density at radius 1 is 1.58 bits per heavy atom. The highest BCUT2D eigenvalue weighted by atomic mass is 35.5. The van der Waals surface area contributed by atoms with Crippen LogP contribution >= 0.6 is 11.6 Å². The molecule has 0 saturated carbocycles. The van der Waals surface area contributed by atoms with E-state index in [1.165, 1.54) is 0 Å². The van der Waals surface area contributed by atoms with Crippen LogP contribution in [0.1, 0.15) is 6.42 Å². The molecule has 1 aliphatic rings. The van der Waals surface area contributed by atoms with Crippen molar-refractivity contribution < 1.29 is 14.3 Å². The second-order valence-corrected chi connectivity index (χ2v) is 4.94. The molecule has 6 heteroatoms. The van der Waals surface area contributed by atoms with Gasteiger partial charge in [-0.1, -0.05) is 11.6 Å². The number of nitrogen functional groups attached to an aromatic ring is 1. The zero-order chi connectivity index (χ0) is 13.7. The number of carbonyl (C=O) groups is 1. The normalized spacial score (nSPS) is 18.5. The Labute approximate surface area is 117 Å². The van der Waals surface area contributed by atoms with Crippen molar-refractivity contribution in [3.05, 3.63) is 23.2 Å². The maximum atomic E-state index is 11.6. The molecular weight excluding hydrogens is 268 g/mol. The molecule has 1 saturated heterocycles. The predicted octanol–water partition coefficient (Wildman–Crippen LogP) is 1.91. The Balaban J connectivity index is 1.72. The third-order valence-corrected chi connectivity index (χ3v) is 3.23. The molecule has 1 amide bonds. The van der Waals surface area contributed by atoms with E-state index in [2.05, 4.69) is 5.32 Å². The summed E-state index contributed by atoms with van der Waals surface area (Å²) in [4.78, 5) is 11.6. The molecule has 1 aromatic rings. The summed E-state index contributed by atoms with van der Waals surface area (Å²) in [6.45, 7) is 2.08. The van der Waals surface area contributed by atoms with Crippen LogP contribution in [-0.2, 0) is 14.3 Å². The Bertz CT molecular complexity index is 448. The Hall–Kier alpha value is -1.30. The Morgan fingerprint density at radius 3 is 3.11 bits per heavy atom. The molecule has 19 heavy (non-hydrogen) atoms. The standard InChI is InChI=1S/C13H17ClN2O3/c14-11-2-1-10(5-12(11)15)16-13(17)8-19-7-9-3-4-18-6-9/h1-2,5,9H,3-4,6-8,15H2,(H,16,17). The molecule has 0 bridgehead atoms. The van der Waals surface area contributed by atoms with E-state index in [1.807, 2.05) is 0 Å². The largest absolute Gasteiger partial charge is 0.397 e. The molecule has 5 nitrogen and oxygen atoms in total. The molecular formula is C13H17ClN2O3. The first kappa shape index (κ1) is 14.1. The molecule has 104 valence electrons. The van der Waals surface area contributed by atoms with Gasteiger partial charge < -0.3 is 20.5 Å². The summed E-state index contributed by atoms with van der Waals surface area (Å²) in [6.07, 6.45) is 0.995. The zero-order valence-electron chi connectivity index (χ0n) is 10.5. The number of rotatable bonds is 5. The van der Waals surface area contributed by atoms with E-state index in [9.17, 15) is 4.79 Å². The van der Waals surface area contributed by atoms with Crippen molar-refractivity contribution in [2.45, 2.75) is 6.42 Å². The minimum Gasteiger partial charge on any atom is -0.397 e. The van der Waals surface area contributed by atoms with Crippen LogP contribution in [0.25, 0.3) is 0 Å². The zero-order valence-corrected chi connectivity index (χ0v) is 11.3. The lowest BCUT2D eigenvalue weighted by Crippen LogP contribution is -2.21. The fourth-order valence-electron chi connectivity index (χ4n) is 1.85. The van der Waals surface area contributed by atoms with E-state index in [0.717, 1.165) is 19.6 Å². The topological polar surface area (TPSA) is 73.6 Å². The van der Waals surface area contributed by atoms with Crippen molar-refractivity contribution >= 4 is 28.9 Å². The molecule has 1 unspecified atom stereocenters. The van der Waals surface area contributed by atoms with Crippen molar-refractivity contribution in [3.8, 4) is 0 Å². The molecule has 1 heterocycles. The Morgan fingerprint density at radius 2 is 2.42 bits per heavy atom. The number of anilines is 2. The molecule has 0 spiro atoms. The summed E-state index contributed by atoms with van der Waals surface area (Å²) in [7, 11) is 0. The number of hydrogen-bond donors (Lipinski definition) is 2. The quantitative estimate of drug-likeness (QED) is 0.810. The molecule has 1 aromatic carbocycles. The number of benzene rings is 1. The van der Waals surface area contributed by atoms with Gasteiger partial charge in [-0.05, 0) is 24.6 Å². The summed E-state index contributed by atoms with van der Waals surface area (Å²) in [5.74, 6) is 0.194. The fourth-order valence-corrected chi connectivity index (χ4v) is 1.97. The monoisotopic (exact) mass is 284 g/mol. The van der Waals surface area contributed by atoms with E-state index in [1.54, 1.807) is 18.2 Å². The lowest BCUT2D eigenvalue weighted by atomic mass is 10.1. The number of halogens is 1. The van der Waals surface area contributed by atoms with Crippen LogP contribution < -0.4 is 11.1 Å². The summed E-state index contributed by atoms with van der Waals surface area (Å²) >= 11 is 5.80. The SMILES string of the molecule is Nc1cc(NC(=O)COCC2CCOC2)ccc1Cl. The first-order valence-corrected chi connectivity index (χ1v) is 6.53. The lowest BCUT2D eigenvalue weighted by molar-refractivity contribution is -0.121. The minimum absolute atomic E-state index is 0.0268. The summed E-state index contributed by atoms with van der Waals surface area (Å²) in [5, 5.41) is 3.17. The molecule has 1 aliphatic heterocycles. The third kappa shape index (κ3) is 4.38. The average molecular weight is 285 g/mol. The first-order chi connectivity index (χ1) is 9.15. The second kappa shape index (κ2) is 6.75. The summed E-state index contributed by atoms with van der Waals surface area (Å²) in [5.41, 5.74) is 6.70. The van der Waals surface area contributed by atoms with E-state index in [-0.39, 0.29) is 12.5 Å². The molecule has 2 rings (SSSR count). The first-order valence-electron chi connectivity index (χ1n) is 6.15. The van der Waals surface area contributed by atoms with Gasteiger partial charge in [-0.15, -0.1) is 0 Å². The smallest absolute Gasteiger partial charge is 0.250 e. The summed E-state index contributed by atoms with van der Waals surface area (Å²) < 4.78 is 10.6. The molecule has 0 aromatic heterocycles. The number of ether oxygens (including phenoxy) is 2. The van der Waals surface area contributed by atoms with Crippen LogP contribution in [0.3, 0.4) is 0 Å². The van der Waals surface area contributed by atoms with Crippen molar-refractivity contribution in [2.75, 3.05) is 37.5 Å². The van der Waals surface area contributed by atoms with Crippen LogP contribution in [-0.4, -0.2) is 32.3 Å². The van der Waals surface area contributed by atoms with Crippen LogP contribution in [0.4, 0.5) is 11.4 Å². The molecule has 0 aliphatic carbocycles. The Kier molecular flexibility index (Phi) is 5.01. The number of nitrogens with one attached hydrogen (secondary N) is 1. The van der Waals surface area contributed by atoms with Gasteiger partial charge in [0, 0.05) is 18.2 Å². The van der Waals surface area contributed by atoms with Gasteiger partial charge in [-0.3, -0.25) is 4.79 Å². The van der Waals surface area contributed by atoms with Gasteiger partial charge in [0.1, 0.15) is 6.61 Å². The minimum atomic E-state index is -0.208. The van der Waals surface area contributed by atoms with Crippen molar-refractivity contribution in [2.24, 2.45) is 5.92 Å². The van der Waals surface area contributed by atoms with E-state index in [0.29, 0.717) is 28.9 Å². The number of carbonyl (C=O) groups excluding carboxylic acids is 1. The molecule has 3 N–H and O–H groups in total. The van der Waals surface area contributed by atoms with Crippen molar-refractivity contribution in [3.63, 3.8) is 0 Å². The van der Waals surface area contributed by atoms with Gasteiger partial charge >= 0.3 is 0 Å². The van der Waals surface area contributed by atoms with E-state index >= 15 is 0 Å². The summed E-state index contributed by atoms with van der Waals surface area (Å²) in [6, 6.07) is 4.95. The number of nitrogens with two attached hydrogens (primary N) is 1. The average Bonchev–Trinajstić information content (AvgIpc) is 2.87. The highest BCUT2D eigenvalue weighted by Crippen LogP contribution is 2.22. The maximum absolute atomic E-state index is 11.6. The maximum Gasteiger partial charge on any atom is 0.250 e. The number of amides is 1. The number of hydrogen-bond acceptors (Lipinski definition) is 4. The second-order valence-electron chi connectivity index (χ2n) is 4.53. The van der Waals surface area contributed by atoms with Gasteiger partial charge in [0.25, 0.3) is 0 Å². The van der Waals surface area contributed by atoms with Gasteiger partial charge in [0.2, 0.25) is 5.91 Å². The van der Waals surface area contributed by atoms with Gasteiger partial charge in [0.15, 0.2) is 0 Å². The van der Waals surface area contributed by atoms with E-state index in [4.69, 9.17) is 26.8 Å². The predicted molar refractivity (Wildman–Crippen MR) is 74.2 cm³/mol. The third-order valence-electron chi connectivity index (χ3n) is 2.89. The van der Waals surface area contributed by atoms with Crippen LogP contribution in [0, 0.1) is 5.92 Å². The lowest BCUT2D eigenvalue weighted by Gasteiger charge is -2.09. The van der Waals surface area contributed by atoms with Gasteiger partial charge in [-0.2, -0.15) is 0 Å². The molecule has 0 radical (unpaired) electrons. The molecule has 1 atom stereocenters. The molecule has 1 fully saturated rings. The van der Waals surface area contributed by atoms with Crippen LogP contribution in [0.2, 0.25) is 5.02 Å². The van der Waals surface area contributed by atoms with Gasteiger partial charge in [0.05, 0.1) is 23.9 Å².